The van der Waals surface area contributed by atoms with Crippen molar-refractivity contribution in [3.05, 3.63) is 11.8 Å². The molecule has 1 atom stereocenters. The molecule has 0 aromatic carbocycles. The summed E-state index contributed by atoms with van der Waals surface area (Å²) in [6.45, 7) is 8.56. The molecule has 0 bridgehead atoms. The standard InChI is InChI=1S/C14H23N3OS2.C2H2O4/c1-10(2)9-19-11(3)18-14-13(15-20-16-14)12-6-5-7-17(4)8-12;3-1(4)2(5)6/h6,10-11H,5,7-9H2,1-4H3;(H,3,4)(H,5,6). The van der Waals surface area contributed by atoms with Crippen molar-refractivity contribution < 1.29 is 24.5 Å². The van der Waals surface area contributed by atoms with E-state index in [-0.39, 0.29) is 5.44 Å². The molecular formula is C16H25N3O5S2. The van der Waals surface area contributed by atoms with Crippen molar-refractivity contribution in [2.24, 2.45) is 5.92 Å². The first kappa shape index (κ1) is 22.4. The van der Waals surface area contributed by atoms with Gasteiger partial charge in [0.1, 0.15) is 11.1 Å². The molecule has 0 saturated heterocycles. The zero-order chi connectivity index (χ0) is 19.7. The Morgan fingerprint density at radius 3 is 2.50 bits per heavy atom. The molecule has 1 aromatic rings. The van der Waals surface area contributed by atoms with Crippen LogP contribution in [0.4, 0.5) is 0 Å². The molecule has 0 radical (unpaired) electrons. The predicted molar refractivity (Wildman–Crippen MR) is 103 cm³/mol. The van der Waals surface area contributed by atoms with Gasteiger partial charge in [-0.15, -0.1) is 16.1 Å². The molecular weight excluding hydrogens is 378 g/mol. The maximum atomic E-state index is 9.10. The molecule has 0 spiro atoms. The lowest BCUT2D eigenvalue weighted by Gasteiger charge is -2.22. The van der Waals surface area contributed by atoms with Gasteiger partial charge >= 0.3 is 11.9 Å². The third-order valence-electron chi connectivity index (χ3n) is 3.23. The summed E-state index contributed by atoms with van der Waals surface area (Å²) in [6.07, 6.45) is 3.33. The number of nitrogens with zero attached hydrogens (tertiary/aromatic N) is 3. The van der Waals surface area contributed by atoms with E-state index in [1.807, 2.05) is 11.8 Å². The van der Waals surface area contributed by atoms with Crippen molar-refractivity contribution in [2.75, 3.05) is 25.9 Å². The Morgan fingerprint density at radius 1 is 1.31 bits per heavy atom. The van der Waals surface area contributed by atoms with Gasteiger partial charge < -0.3 is 19.8 Å². The van der Waals surface area contributed by atoms with Gasteiger partial charge in [-0.3, -0.25) is 0 Å². The van der Waals surface area contributed by atoms with Crippen LogP contribution in [0.15, 0.2) is 6.08 Å². The Hall–Kier alpha value is -1.65. The first-order valence-electron chi connectivity index (χ1n) is 8.15. The van der Waals surface area contributed by atoms with E-state index in [4.69, 9.17) is 24.5 Å². The summed E-state index contributed by atoms with van der Waals surface area (Å²) >= 11 is 3.06. The van der Waals surface area contributed by atoms with E-state index in [0.717, 1.165) is 31.0 Å². The van der Waals surface area contributed by atoms with Gasteiger partial charge in [0, 0.05) is 13.1 Å². The summed E-state index contributed by atoms with van der Waals surface area (Å²) in [6, 6.07) is 0. The van der Waals surface area contributed by atoms with Crippen LogP contribution in [0.25, 0.3) is 5.57 Å². The van der Waals surface area contributed by atoms with Crippen LogP contribution in [0.1, 0.15) is 32.9 Å². The van der Waals surface area contributed by atoms with Crippen LogP contribution >= 0.6 is 23.5 Å². The normalized spacial score (nSPS) is 15.7. The van der Waals surface area contributed by atoms with E-state index >= 15 is 0 Å². The van der Waals surface area contributed by atoms with Gasteiger partial charge in [0.2, 0.25) is 0 Å². The van der Waals surface area contributed by atoms with Gasteiger partial charge in [-0.2, -0.15) is 4.37 Å². The highest BCUT2D eigenvalue weighted by Gasteiger charge is 2.20. The van der Waals surface area contributed by atoms with Crippen LogP contribution in [0, 0.1) is 5.92 Å². The smallest absolute Gasteiger partial charge is 0.414 e. The lowest BCUT2D eigenvalue weighted by atomic mass is 10.1. The fourth-order valence-corrected chi connectivity index (χ4v) is 3.37. The summed E-state index contributed by atoms with van der Waals surface area (Å²) in [7, 11) is 2.13. The second-order valence-electron chi connectivity index (χ2n) is 6.20. The second-order valence-corrected chi connectivity index (χ2v) is 8.06. The van der Waals surface area contributed by atoms with Crippen LogP contribution in [0.5, 0.6) is 5.88 Å². The highest BCUT2D eigenvalue weighted by atomic mass is 32.2. The highest BCUT2D eigenvalue weighted by molar-refractivity contribution is 7.99. The molecule has 1 aromatic heterocycles. The number of likely N-dealkylation sites (N-methyl/N-ethyl adjacent to an activating group) is 1. The molecule has 0 aliphatic carbocycles. The van der Waals surface area contributed by atoms with Crippen LogP contribution in [0.2, 0.25) is 0 Å². The fourth-order valence-electron chi connectivity index (χ4n) is 2.04. The van der Waals surface area contributed by atoms with Crippen LogP contribution < -0.4 is 4.74 Å². The Bertz CT molecular complexity index is 621. The number of hydrogen-bond donors (Lipinski definition) is 2. The molecule has 1 unspecified atom stereocenters. The molecule has 10 heteroatoms. The maximum absolute atomic E-state index is 9.10. The zero-order valence-corrected chi connectivity index (χ0v) is 17.0. The number of ether oxygens (including phenoxy) is 1. The first-order valence-corrected chi connectivity index (χ1v) is 9.93. The lowest BCUT2D eigenvalue weighted by molar-refractivity contribution is -0.159. The minimum atomic E-state index is -1.82. The Balaban J connectivity index is 0.000000487. The summed E-state index contributed by atoms with van der Waals surface area (Å²) in [5.41, 5.74) is 2.28. The van der Waals surface area contributed by atoms with E-state index in [9.17, 15) is 0 Å². The first-order chi connectivity index (χ1) is 12.2. The highest BCUT2D eigenvalue weighted by Crippen LogP contribution is 2.29. The summed E-state index contributed by atoms with van der Waals surface area (Å²) in [5.74, 6) is -1.18. The third kappa shape index (κ3) is 8.15. The quantitative estimate of drug-likeness (QED) is 0.546. The summed E-state index contributed by atoms with van der Waals surface area (Å²) in [5, 5.41) is 14.8. The number of carboxylic acids is 2. The monoisotopic (exact) mass is 403 g/mol. The van der Waals surface area contributed by atoms with E-state index in [1.165, 1.54) is 17.3 Å². The van der Waals surface area contributed by atoms with Gasteiger partial charge in [0.05, 0.1) is 11.7 Å². The van der Waals surface area contributed by atoms with Crippen molar-refractivity contribution in [1.29, 1.82) is 0 Å². The minimum absolute atomic E-state index is 0.113. The van der Waals surface area contributed by atoms with Crippen LogP contribution in [-0.2, 0) is 9.59 Å². The molecule has 1 aliphatic heterocycles. The number of rotatable bonds is 6. The van der Waals surface area contributed by atoms with Crippen LogP contribution in [-0.4, -0.2) is 67.1 Å². The third-order valence-corrected chi connectivity index (χ3v) is 5.17. The van der Waals surface area contributed by atoms with Gasteiger partial charge in [0.15, 0.2) is 0 Å². The average Bonchev–Trinajstić information content (AvgIpc) is 3.01. The minimum Gasteiger partial charge on any atom is -0.473 e. The molecule has 0 amide bonds. The van der Waals surface area contributed by atoms with E-state index in [2.05, 4.69) is 47.5 Å². The van der Waals surface area contributed by atoms with E-state index in [1.54, 1.807) is 0 Å². The molecule has 1 aliphatic rings. The number of carboxylic acid groups (broad SMARTS) is 2. The molecule has 0 fully saturated rings. The number of thioether (sulfide) groups is 1. The van der Waals surface area contributed by atoms with Gasteiger partial charge in [-0.1, -0.05) is 19.9 Å². The van der Waals surface area contributed by atoms with Crippen molar-refractivity contribution in [3.8, 4) is 5.88 Å². The fraction of sp³-hybridized carbons (Fsp3) is 0.625. The second kappa shape index (κ2) is 11.1. The van der Waals surface area contributed by atoms with Gasteiger partial charge in [-0.05, 0) is 37.6 Å². The molecule has 26 heavy (non-hydrogen) atoms. The number of hydrogen-bond acceptors (Lipinski definition) is 8. The maximum Gasteiger partial charge on any atom is 0.414 e. The lowest BCUT2D eigenvalue weighted by Crippen LogP contribution is -2.25. The van der Waals surface area contributed by atoms with Gasteiger partial charge in [0.25, 0.3) is 5.88 Å². The largest absolute Gasteiger partial charge is 0.473 e. The SMILES string of the molecule is CC(C)CSC(C)Oc1nsnc1C1=CCCN(C)C1.O=C(O)C(=O)O. The molecule has 2 N–H and O–H groups in total. The van der Waals surface area contributed by atoms with Crippen molar-refractivity contribution in [2.45, 2.75) is 32.6 Å². The van der Waals surface area contributed by atoms with E-state index < -0.39 is 11.9 Å². The molecule has 146 valence electrons. The zero-order valence-electron chi connectivity index (χ0n) is 15.3. The van der Waals surface area contributed by atoms with E-state index in [0.29, 0.717) is 11.8 Å². The number of aromatic nitrogens is 2. The number of carbonyl (C=O) groups is 2. The predicted octanol–water partition coefficient (Wildman–Crippen LogP) is 2.53. The van der Waals surface area contributed by atoms with Crippen LogP contribution in [0.3, 0.4) is 0 Å². The molecule has 2 rings (SSSR count). The molecule has 8 nitrogen and oxygen atoms in total. The number of aliphatic carboxylic acids is 2. The van der Waals surface area contributed by atoms with Crippen molar-refractivity contribution in [3.63, 3.8) is 0 Å². The van der Waals surface area contributed by atoms with Crippen molar-refractivity contribution >= 4 is 41.0 Å². The average molecular weight is 404 g/mol. The van der Waals surface area contributed by atoms with Crippen molar-refractivity contribution in [1.82, 2.24) is 13.6 Å². The summed E-state index contributed by atoms with van der Waals surface area (Å²) in [4.78, 5) is 20.5. The topological polar surface area (TPSA) is 113 Å². The Kier molecular flexibility index (Phi) is 9.60. The van der Waals surface area contributed by atoms with Gasteiger partial charge in [-0.25, -0.2) is 9.59 Å². The Labute approximate surface area is 161 Å². The Morgan fingerprint density at radius 2 is 1.96 bits per heavy atom. The molecule has 0 saturated carbocycles. The molecule has 2 heterocycles. The summed E-state index contributed by atoms with van der Waals surface area (Å²) < 4.78 is 14.7.